The Balaban J connectivity index is 1.27. The van der Waals surface area contributed by atoms with Gasteiger partial charge in [-0.2, -0.15) is 0 Å². The number of rotatable bonds is 3. The third-order valence-corrected chi connectivity index (χ3v) is 6.40. The SMILES string of the molecule is CC(c1nc2ccccc2[nH]1)N1CC2=C(CCN(CC#Cc3ccccc3)C2)N(C)C1. The van der Waals surface area contributed by atoms with Gasteiger partial charge in [-0.3, -0.25) is 9.80 Å². The van der Waals surface area contributed by atoms with Crippen LogP contribution in [0.3, 0.4) is 0 Å². The number of para-hydroxylation sites is 2. The normalized spacial score (nSPS) is 18.6. The Morgan fingerprint density at radius 1 is 1.06 bits per heavy atom. The first-order valence-electron chi connectivity index (χ1n) is 11.0. The molecule has 0 spiro atoms. The van der Waals surface area contributed by atoms with Gasteiger partial charge < -0.3 is 9.88 Å². The van der Waals surface area contributed by atoms with Crippen molar-refractivity contribution in [1.29, 1.82) is 0 Å². The molecular formula is C26H29N5. The van der Waals surface area contributed by atoms with Crippen molar-refractivity contribution < 1.29 is 0 Å². The molecule has 1 unspecified atom stereocenters. The summed E-state index contributed by atoms with van der Waals surface area (Å²) < 4.78 is 0. The van der Waals surface area contributed by atoms with Gasteiger partial charge in [0, 0.05) is 44.4 Å². The zero-order valence-corrected chi connectivity index (χ0v) is 18.3. The molecule has 0 saturated carbocycles. The number of hydrogen-bond acceptors (Lipinski definition) is 4. The van der Waals surface area contributed by atoms with Gasteiger partial charge in [-0.05, 0) is 36.8 Å². The fraction of sp³-hybridized carbons (Fsp3) is 0.346. The minimum Gasteiger partial charge on any atom is -0.365 e. The van der Waals surface area contributed by atoms with Crippen LogP contribution >= 0.6 is 0 Å². The lowest BCUT2D eigenvalue weighted by Crippen LogP contribution is -2.48. The molecule has 2 aliphatic heterocycles. The number of aromatic amines is 1. The lowest BCUT2D eigenvalue weighted by molar-refractivity contribution is 0.107. The van der Waals surface area contributed by atoms with Crippen molar-refractivity contribution in [2.75, 3.05) is 39.9 Å². The summed E-state index contributed by atoms with van der Waals surface area (Å²) in [4.78, 5) is 15.8. The van der Waals surface area contributed by atoms with Crippen LogP contribution in [0.2, 0.25) is 0 Å². The van der Waals surface area contributed by atoms with Gasteiger partial charge in [-0.25, -0.2) is 4.98 Å². The summed E-state index contributed by atoms with van der Waals surface area (Å²) >= 11 is 0. The Bertz CT molecular complexity index is 1120. The summed E-state index contributed by atoms with van der Waals surface area (Å²) in [5.74, 6) is 7.70. The molecule has 1 aromatic heterocycles. The van der Waals surface area contributed by atoms with Gasteiger partial charge in [0.05, 0.1) is 30.3 Å². The van der Waals surface area contributed by atoms with Crippen molar-refractivity contribution in [2.24, 2.45) is 0 Å². The first-order chi connectivity index (χ1) is 15.2. The standard InChI is InChI=1S/C26H29N5/c1-20(26-27-23-12-6-7-13-24(23)28-26)31-18-22-17-30(16-14-25(22)29(2)19-31)15-8-11-21-9-4-3-5-10-21/h3-7,9-10,12-13,20H,14-19H2,1-2H3,(H,27,28). The molecule has 3 heterocycles. The molecule has 0 radical (unpaired) electrons. The first kappa shape index (κ1) is 19.9. The number of nitrogens with zero attached hydrogens (tertiary/aromatic N) is 4. The molecule has 1 N–H and O–H groups in total. The maximum atomic E-state index is 4.84. The van der Waals surface area contributed by atoms with Crippen LogP contribution in [0.25, 0.3) is 11.0 Å². The first-order valence-corrected chi connectivity index (χ1v) is 11.0. The average molecular weight is 412 g/mol. The van der Waals surface area contributed by atoms with E-state index in [1.807, 2.05) is 24.3 Å². The highest BCUT2D eigenvalue weighted by Crippen LogP contribution is 2.30. The molecule has 5 nitrogen and oxygen atoms in total. The fourth-order valence-corrected chi connectivity index (χ4v) is 4.65. The smallest absolute Gasteiger partial charge is 0.124 e. The zero-order chi connectivity index (χ0) is 21.2. The molecule has 0 bridgehead atoms. The molecule has 31 heavy (non-hydrogen) atoms. The van der Waals surface area contributed by atoms with Crippen LogP contribution in [0.4, 0.5) is 0 Å². The number of imidazole rings is 1. The number of fused-ring (bicyclic) bond motifs is 1. The second-order valence-corrected chi connectivity index (χ2v) is 8.58. The maximum Gasteiger partial charge on any atom is 0.124 e. The monoisotopic (exact) mass is 411 g/mol. The van der Waals surface area contributed by atoms with Crippen LogP contribution in [-0.2, 0) is 0 Å². The van der Waals surface area contributed by atoms with Crippen LogP contribution < -0.4 is 0 Å². The highest BCUT2D eigenvalue weighted by atomic mass is 15.4. The molecule has 0 aliphatic carbocycles. The third kappa shape index (κ3) is 4.23. The number of aromatic nitrogens is 2. The van der Waals surface area contributed by atoms with Gasteiger partial charge in [-0.1, -0.05) is 42.2 Å². The van der Waals surface area contributed by atoms with E-state index in [2.05, 4.69) is 75.8 Å². The van der Waals surface area contributed by atoms with Gasteiger partial charge in [0.15, 0.2) is 0 Å². The minimum absolute atomic E-state index is 0.233. The number of nitrogens with one attached hydrogen (secondary N) is 1. The van der Waals surface area contributed by atoms with Crippen LogP contribution in [-0.4, -0.2) is 64.6 Å². The zero-order valence-electron chi connectivity index (χ0n) is 18.3. The van der Waals surface area contributed by atoms with E-state index in [0.29, 0.717) is 0 Å². The van der Waals surface area contributed by atoms with E-state index in [0.717, 1.165) is 61.7 Å². The quantitative estimate of drug-likeness (QED) is 0.665. The van der Waals surface area contributed by atoms with Crippen molar-refractivity contribution >= 4 is 11.0 Å². The summed E-state index contributed by atoms with van der Waals surface area (Å²) in [7, 11) is 2.22. The summed E-state index contributed by atoms with van der Waals surface area (Å²) in [5, 5.41) is 0. The van der Waals surface area contributed by atoms with Crippen molar-refractivity contribution in [2.45, 2.75) is 19.4 Å². The predicted molar refractivity (Wildman–Crippen MR) is 125 cm³/mol. The third-order valence-electron chi connectivity index (χ3n) is 6.40. The van der Waals surface area contributed by atoms with Gasteiger partial charge in [0.25, 0.3) is 0 Å². The molecule has 3 aromatic rings. The Morgan fingerprint density at radius 3 is 2.71 bits per heavy atom. The van der Waals surface area contributed by atoms with E-state index in [1.54, 1.807) is 0 Å². The van der Waals surface area contributed by atoms with Crippen molar-refractivity contribution in [3.05, 3.63) is 77.3 Å². The lowest BCUT2D eigenvalue weighted by atomic mass is 10.0. The summed E-state index contributed by atoms with van der Waals surface area (Å²) in [5.41, 5.74) is 6.26. The molecule has 2 aliphatic rings. The molecule has 5 heteroatoms. The van der Waals surface area contributed by atoms with Crippen molar-refractivity contribution in [1.82, 2.24) is 24.7 Å². The van der Waals surface area contributed by atoms with Crippen LogP contribution in [0.5, 0.6) is 0 Å². The van der Waals surface area contributed by atoms with Crippen LogP contribution in [0.15, 0.2) is 65.9 Å². The minimum atomic E-state index is 0.233. The second kappa shape index (κ2) is 8.58. The molecular weight excluding hydrogens is 382 g/mol. The topological polar surface area (TPSA) is 38.4 Å². The Morgan fingerprint density at radius 2 is 1.87 bits per heavy atom. The summed E-state index contributed by atoms with van der Waals surface area (Å²) in [6.07, 6.45) is 1.10. The van der Waals surface area contributed by atoms with Gasteiger partial charge in [0.1, 0.15) is 5.82 Å². The van der Waals surface area contributed by atoms with E-state index in [9.17, 15) is 0 Å². The number of benzene rings is 2. The fourth-order valence-electron chi connectivity index (χ4n) is 4.65. The van der Waals surface area contributed by atoms with E-state index in [1.165, 1.54) is 11.3 Å². The Kier molecular flexibility index (Phi) is 5.50. The van der Waals surface area contributed by atoms with E-state index < -0.39 is 0 Å². The molecule has 158 valence electrons. The van der Waals surface area contributed by atoms with E-state index in [4.69, 9.17) is 4.98 Å². The summed E-state index contributed by atoms with van der Waals surface area (Å²) in [6, 6.07) is 18.7. The molecule has 0 saturated heterocycles. The largest absolute Gasteiger partial charge is 0.365 e. The summed E-state index contributed by atoms with van der Waals surface area (Å²) in [6.45, 7) is 7.06. The second-order valence-electron chi connectivity index (χ2n) is 8.58. The number of H-pyrrole nitrogens is 1. The lowest BCUT2D eigenvalue weighted by Gasteiger charge is -2.44. The van der Waals surface area contributed by atoms with Crippen molar-refractivity contribution in [3.63, 3.8) is 0 Å². The maximum absolute atomic E-state index is 4.84. The molecule has 0 amide bonds. The Hall–Kier alpha value is -3.07. The van der Waals surface area contributed by atoms with Gasteiger partial charge >= 0.3 is 0 Å². The Labute approximate surface area is 184 Å². The highest BCUT2D eigenvalue weighted by molar-refractivity contribution is 5.74. The molecule has 0 fully saturated rings. The van der Waals surface area contributed by atoms with Gasteiger partial charge in [0.2, 0.25) is 0 Å². The van der Waals surface area contributed by atoms with E-state index in [-0.39, 0.29) is 6.04 Å². The van der Waals surface area contributed by atoms with E-state index >= 15 is 0 Å². The van der Waals surface area contributed by atoms with Gasteiger partial charge in [-0.15, -0.1) is 0 Å². The molecule has 1 atom stereocenters. The van der Waals surface area contributed by atoms with Crippen LogP contribution in [0, 0.1) is 11.8 Å². The van der Waals surface area contributed by atoms with Crippen LogP contribution in [0.1, 0.15) is 30.8 Å². The molecule has 5 rings (SSSR count). The molecule has 2 aromatic carbocycles. The van der Waals surface area contributed by atoms with Crippen molar-refractivity contribution in [3.8, 4) is 11.8 Å². The average Bonchev–Trinajstić information content (AvgIpc) is 3.23. The highest BCUT2D eigenvalue weighted by Gasteiger charge is 2.30. The predicted octanol–water partition coefficient (Wildman–Crippen LogP) is 3.84. The number of hydrogen-bond donors (Lipinski definition) is 1.